The third-order valence-electron chi connectivity index (χ3n) is 4.81. The van der Waals surface area contributed by atoms with E-state index < -0.39 is 11.1 Å². The average molecular weight is 366 g/mol. The number of hydrogen-bond acceptors (Lipinski definition) is 7. The molecule has 0 radical (unpaired) electrons. The van der Waals surface area contributed by atoms with Crippen molar-refractivity contribution < 1.29 is 19.1 Å². The Morgan fingerprint density at radius 1 is 1.27 bits per heavy atom. The fraction of sp³-hybridized carbons (Fsp3) is 0.778. The van der Waals surface area contributed by atoms with Crippen molar-refractivity contribution in [2.45, 2.75) is 70.9 Å². The summed E-state index contributed by atoms with van der Waals surface area (Å²) >= 11 is 0. The standard InChI is InChI=1S/C18H30N4O4/c1-16(2,3)15-21-20-14(26-15)13(25)18(6)8-7-9-22(18)12(24)10-19-17(4,5)11-23/h19,23H,7-11H2,1-6H3/t18-/m0/s1. The smallest absolute Gasteiger partial charge is 0.286 e. The van der Waals surface area contributed by atoms with Gasteiger partial charge in [-0.2, -0.15) is 0 Å². The van der Waals surface area contributed by atoms with Crippen molar-refractivity contribution in [1.29, 1.82) is 0 Å². The van der Waals surface area contributed by atoms with Crippen LogP contribution in [0.25, 0.3) is 0 Å². The van der Waals surface area contributed by atoms with Gasteiger partial charge >= 0.3 is 0 Å². The highest BCUT2D eigenvalue weighted by Gasteiger charge is 2.48. The molecule has 1 aliphatic rings. The van der Waals surface area contributed by atoms with Gasteiger partial charge in [0.05, 0.1) is 13.2 Å². The number of aliphatic hydroxyl groups is 1. The molecule has 8 heteroatoms. The van der Waals surface area contributed by atoms with E-state index in [0.29, 0.717) is 18.9 Å². The molecule has 0 aliphatic carbocycles. The third kappa shape index (κ3) is 4.12. The summed E-state index contributed by atoms with van der Waals surface area (Å²) in [6.45, 7) is 11.6. The van der Waals surface area contributed by atoms with E-state index in [0.717, 1.165) is 6.42 Å². The van der Waals surface area contributed by atoms with Crippen molar-refractivity contribution in [3.63, 3.8) is 0 Å². The summed E-state index contributed by atoms with van der Waals surface area (Å²) in [5, 5.41) is 20.2. The molecule has 2 heterocycles. The molecule has 26 heavy (non-hydrogen) atoms. The van der Waals surface area contributed by atoms with Gasteiger partial charge in [-0.1, -0.05) is 20.8 Å². The summed E-state index contributed by atoms with van der Waals surface area (Å²) < 4.78 is 5.59. The molecule has 2 N–H and O–H groups in total. The Labute approximate surface area is 154 Å². The number of likely N-dealkylation sites (tertiary alicyclic amines) is 1. The summed E-state index contributed by atoms with van der Waals surface area (Å²) in [6, 6.07) is 0. The zero-order chi connectivity index (χ0) is 19.8. The lowest BCUT2D eigenvalue weighted by molar-refractivity contribution is -0.133. The van der Waals surface area contributed by atoms with Gasteiger partial charge in [-0.25, -0.2) is 0 Å². The number of nitrogens with zero attached hydrogens (tertiary/aromatic N) is 3. The molecule has 0 bridgehead atoms. The van der Waals surface area contributed by atoms with Crippen LogP contribution in [0.3, 0.4) is 0 Å². The first-order chi connectivity index (χ1) is 11.9. The minimum absolute atomic E-state index is 0.0491. The van der Waals surface area contributed by atoms with Crippen molar-refractivity contribution in [3.8, 4) is 0 Å². The van der Waals surface area contributed by atoms with Gasteiger partial charge < -0.3 is 19.7 Å². The van der Waals surface area contributed by atoms with Crippen LogP contribution in [0.15, 0.2) is 4.42 Å². The summed E-state index contributed by atoms with van der Waals surface area (Å²) in [5.74, 6) is -0.171. The topological polar surface area (TPSA) is 109 Å². The number of rotatable bonds is 6. The number of carbonyl (C=O) groups excluding carboxylic acids is 2. The van der Waals surface area contributed by atoms with Crippen LogP contribution in [0.1, 0.15) is 71.0 Å². The molecule has 1 aromatic heterocycles. The van der Waals surface area contributed by atoms with E-state index in [4.69, 9.17) is 4.42 Å². The normalized spacial score (nSPS) is 21.3. The summed E-state index contributed by atoms with van der Waals surface area (Å²) in [4.78, 5) is 27.3. The summed E-state index contributed by atoms with van der Waals surface area (Å²) in [5.41, 5.74) is -1.91. The Kier molecular flexibility index (Phi) is 5.58. The molecular formula is C18H30N4O4. The first-order valence-electron chi connectivity index (χ1n) is 8.96. The molecule has 0 aromatic carbocycles. The maximum absolute atomic E-state index is 13.0. The molecule has 0 saturated carbocycles. The molecule has 146 valence electrons. The van der Waals surface area contributed by atoms with Crippen molar-refractivity contribution in [3.05, 3.63) is 11.8 Å². The second-order valence-electron chi connectivity index (χ2n) is 8.81. The zero-order valence-electron chi connectivity index (χ0n) is 16.5. The second kappa shape index (κ2) is 7.08. The first kappa shape index (κ1) is 20.5. The molecule has 1 atom stereocenters. The lowest BCUT2D eigenvalue weighted by atomic mass is 9.92. The Balaban J connectivity index is 2.17. The van der Waals surface area contributed by atoms with Crippen molar-refractivity contribution in [2.24, 2.45) is 0 Å². The molecule has 0 unspecified atom stereocenters. The van der Waals surface area contributed by atoms with Crippen LogP contribution >= 0.6 is 0 Å². The molecule has 1 aromatic rings. The Morgan fingerprint density at radius 2 is 1.92 bits per heavy atom. The number of nitrogens with one attached hydrogen (secondary N) is 1. The largest absolute Gasteiger partial charge is 0.418 e. The predicted octanol–water partition coefficient (Wildman–Crippen LogP) is 1.29. The van der Waals surface area contributed by atoms with Crippen molar-refractivity contribution in [2.75, 3.05) is 19.7 Å². The lowest BCUT2D eigenvalue weighted by Crippen LogP contribution is -2.55. The van der Waals surface area contributed by atoms with Crippen LogP contribution in [0.4, 0.5) is 0 Å². The highest BCUT2D eigenvalue weighted by Crippen LogP contribution is 2.33. The van der Waals surface area contributed by atoms with Gasteiger partial charge in [0.15, 0.2) is 0 Å². The minimum atomic E-state index is -0.996. The average Bonchev–Trinajstić information content (AvgIpc) is 3.19. The third-order valence-corrected chi connectivity index (χ3v) is 4.81. The molecule has 0 spiro atoms. The van der Waals surface area contributed by atoms with Gasteiger partial charge in [0.2, 0.25) is 17.6 Å². The highest BCUT2D eigenvalue weighted by molar-refractivity contribution is 6.02. The maximum atomic E-state index is 13.0. The number of Topliss-reactive ketones (excluding diaryl/α,β-unsaturated/α-hetero) is 1. The lowest BCUT2D eigenvalue weighted by Gasteiger charge is -2.34. The highest BCUT2D eigenvalue weighted by atomic mass is 16.4. The second-order valence-corrected chi connectivity index (χ2v) is 8.81. The van der Waals surface area contributed by atoms with Crippen LogP contribution in [-0.4, -0.2) is 62.7 Å². The van der Waals surface area contributed by atoms with Crippen molar-refractivity contribution >= 4 is 11.7 Å². The number of aromatic nitrogens is 2. The maximum Gasteiger partial charge on any atom is 0.286 e. The van der Waals surface area contributed by atoms with E-state index in [2.05, 4.69) is 15.5 Å². The van der Waals surface area contributed by atoms with E-state index in [1.165, 1.54) is 0 Å². The van der Waals surface area contributed by atoms with Crippen LogP contribution in [0.5, 0.6) is 0 Å². The van der Waals surface area contributed by atoms with Crippen LogP contribution in [0, 0.1) is 0 Å². The van der Waals surface area contributed by atoms with Gasteiger partial charge in [-0.3, -0.25) is 9.59 Å². The number of hydrogen-bond donors (Lipinski definition) is 2. The van der Waals surface area contributed by atoms with Crippen LogP contribution in [0.2, 0.25) is 0 Å². The summed E-state index contributed by atoms with van der Waals surface area (Å²) in [6.07, 6.45) is 1.28. The SMILES string of the molecule is CC(C)(CO)NCC(=O)N1CCC[C@@]1(C)C(=O)c1nnc(C(C)(C)C)o1. The van der Waals surface area contributed by atoms with Crippen molar-refractivity contribution in [1.82, 2.24) is 20.4 Å². The van der Waals surface area contributed by atoms with E-state index in [1.54, 1.807) is 25.7 Å². The molecule has 1 aliphatic heterocycles. The monoisotopic (exact) mass is 366 g/mol. The zero-order valence-corrected chi connectivity index (χ0v) is 16.5. The van der Waals surface area contributed by atoms with E-state index >= 15 is 0 Å². The Hall–Kier alpha value is -1.80. The molecule has 2 rings (SSSR count). The number of carbonyl (C=O) groups is 2. The minimum Gasteiger partial charge on any atom is -0.418 e. The van der Waals surface area contributed by atoms with Gasteiger partial charge in [-0.05, 0) is 33.6 Å². The van der Waals surface area contributed by atoms with Crippen LogP contribution < -0.4 is 5.32 Å². The van der Waals surface area contributed by atoms with Crippen LogP contribution in [-0.2, 0) is 10.2 Å². The Bertz CT molecular complexity index is 677. The molecule has 1 saturated heterocycles. The van der Waals surface area contributed by atoms with Gasteiger partial charge in [0.25, 0.3) is 5.89 Å². The molecule has 1 fully saturated rings. The Morgan fingerprint density at radius 3 is 2.46 bits per heavy atom. The van der Waals surface area contributed by atoms with E-state index in [9.17, 15) is 14.7 Å². The molecule has 1 amide bonds. The van der Waals surface area contributed by atoms with Gasteiger partial charge in [0.1, 0.15) is 5.54 Å². The number of amides is 1. The van der Waals surface area contributed by atoms with E-state index in [-0.39, 0.29) is 36.1 Å². The first-order valence-corrected chi connectivity index (χ1v) is 8.96. The van der Waals surface area contributed by atoms with Gasteiger partial charge in [0, 0.05) is 17.5 Å². The quantitative estimate of drug-likeness (QED) is 0.730. The fourth-order valence-corrected chi connectivity index (χ4v) is 2.91. The molecular weight excluding hydrogens is 336 g/mol. The number of aliphatic hydroxyl groups excluding tert-OH is 1. The summed E-state index contributed by atoms with van der Waals surface area (Å²) in [7, 11) is 0. The van der Waals surface area contributed by atoms with E-state index in [1.807, 2.05) is 20.8 Å². The fourth-order valence-electron chi connectivity index (χ4n) is 2.91. The number of ketones is 1. The molecule has 8 nitrogen and oxygen atoms in total. The predicted molar refractivity (Wildman–Crippen MR) is 95.8 cm³/mol. The van der Waals surface area contributed by atoms with Gasteiger partial charge in [-0.15, -0.1) is 10.2 Å².